The summed E-state index contributed by atoms with van der Waals surface area (Å²) in [7, 11) is 3.81. The van der Waals surface area contributed by atoms with Crippen molar-refractivity contribution in [2.45, 2.75) is 141 Å². The SMILES string of the molecule is CC[C@H]1OC(=O)[C@H](C)[C@H]2C[C@@H](OC3O[C@H](C)C[C@H](N(C)C)[C@H]3O)[C@](C)(C[C@@H](C)C(=O)[C@H](C)C3N=C(N)OC31C)OC/C(=N/OCc1ccccn1)CO2. The number of hydrogen-bond acceptors (Lipinski definition) is 15. The number of aliphatic imine (C=N–C) groups is 1. The Balaban J connectivity index is 1.56. The van der Waals surface area contributed by atoms with E-state index >= 15 is 0 Å². The Labute approximate surface area is 312 Å². The van der Waals surface area contributed by atoms with Crippen molar-refractivity contribution in [3.05, 3.63) is 30.1 Å². The smallest absolute Gasteiger partial charge is 0.311 e. The molecule has 0 aliphatic carbocycles. The van der Waals surface area contributed by atoms with Crippen molar-refractivity contribution in [2.75, 3.05) is 27.3 Å². The summed E-state index contributed by atoms with van der Waals surface area (Å²) in [5.41, 5.74) is 4.88. The Morgan fingerprint density at radius 3 is 2.53 bits per heavy atom. The van der Waals surface area contributed by atoms with Crippen LogP contribution in [0, 0.1) is 17.8 Å². The summed E-state index contributed by atoms with van der Waals surface area (Å²) in [4.78, 5) is 45.0. The van der Waals surface area contributed by atoms with Crippen LogP contribution in [0.4, 0.5) is 0 Å². The molecule has 4 aliphatic heterocycles. The molecule has 4 aliphatic rings. The van der Waals surface area contributed by atoms with Gasteiger partial charge in [0, 0.05) is 30.5 Å². The van der Waals surface area contributed by atoms with Crippen molar-refractivity contribution in [1.29, 1.82) is 0 Å². The largest absolute Gasteiger partial charge is 0.458 e. The lowest BCUT2D eigenvalue weighted by atomic mass is 9.75. The summed E-state index contributed by atoms with van der Waals surface area (Å²) in [5.74, 6) is -2.63. The Morgan fingerprint density at radius 1 is 1.09 bits per heavy atom. The van der Waals surface area contributed by atoms with Gasteiger partial charge >= 0.3 is 5.97 Å². The summed E-state index contributed by atoms with van der Waals surface area (Å²) >= 11 is 0. The fourth-order valence-electron chi connectivity index (χ4n) is 8.15. The highest BCUT2D eigenvalue weighted by Crippen LogP contribution is 2.41. The van der Waals surface area contributed by atoms with Gasteiger partial charge in [0.05, 0.1) is 48.7 Å². The number of oxime groups is 1. The maximum Gasteiger partial charge on any atom is 0.311 e. The second-order valence-corrected chi connectivity index (χ2v) is 15.8. The number of esters is 1. The van der Waals surface area contributed by atoms with Crippen LogP contribution in [0.5, 0.6) is 0 Å². The molecular weight excluding hydrogens is 686 g/mol. The number of nitrogens with two attached hydrogens (primary N) is 1. The van der Waals surface area contributed by atoms with Crippen molar-refractivity contribution in [3.8, 4) is 0 Å². The molecule has 3 fully saturated rings. The number of hydrogen-bond donors (Lipinski definition) is 2. The van der Waals surface area contributed by atoms with Gasteiger partial charge in [-0.3, -0.25) is 14.6 Å². The number of aromatic nitrogens is 1. The number of ketones is 1. The summed E-state index contributed by atoms with van der Waals surface area (Å²) < 4.78 is 38.6. The Kier molecular flexibility index (Phi) is 13.2. The summed E-state index contributed by atoms with van der Waals surface area (Å²) in [6.45, 7) is 13.0. The van der Waals surface area contributed by atoms with Crippen LogP contribution in [-0.2, 0) is 49.5 Å². The van der Waals surface area contributed by atoms with E-state index in [0.717, 1.165) is 0 Å². The zero-order valence-electron chi connectivity index (χ0n) is 32.6. The molecule has 53 heavy (non-hydrogen) atoms. The number of ether oxygens (including phenoxy) is 6. The molecule has 5 rings (SSSR count). The number of nitrogens with zero attached hydrogens (tertiary/aromatic N) is 4. The number of fused-ring (bicyclic) bond motifs is 4. The van der Waals surface area contributed by atoms with Crippen LogP contribution in [0.15, 0.2) is 34.5 Å². The number of likely N-dealkylation sites (N-methyl/N-ethyl adjacent to an activating group) is 1. The first-order chi connectivity index (χ1) is 25.1. The highest BCUT2D eigenvalue weighted by Gasteiger charge is 2.55. The molecule has 0 amide bonds. The molecular formula is C38H59N5O10. The number of Topliss-reactive ketones (excluding diaryl/α,β-unsaturated/α-hetero) is 1. The van der Waals surface area contributed by atoms with E-state index in [1.807, 2.05) is 64.9 Å². The number of carbonyl (C=O) groups excluding carboxylic acids is 2. The molecule has 296 valence electrons. The van der Waals surface area contributed by atoms with Crippen molar-refractivity contribution < 1.29 is 48.0 Å². The van der Waals surface area contributed by atoms with Gasteiger partial charge in [0.1, 0.15) is 29.7 Å². The zero-order valence-corrected chi connectivity index (χ0v) is 32.6. The van der Waals surface area contributed by atoms with Gasteiger partial charge < -0.3 is 49.0 Å². The quantitative estimate of drug-likeness (QED) is 0.307. The molecule has 3 unspecified atom stereocenters. The predicted octanol–water partition coefficient (Wildman–Crippen LogP) is 3.00. The monoisotopic (exact) mass is 745 g/mol. The lowest BCUT2D eigenvalue weighted by Gasteiger charge is -2.46. The fourth-order valence-corrected chi connectivity index (χ4v) is 8.15. The Hall–Kier alpha value is -3.21. The average molecular weight is 746 g/mol. The van der Waals surface area contributed by atoms with E-state index in [4.69, 9.17) is 39.0 Å². The first kappa shape index (κ1) is 41.0. The molecule has 2 bridgehead atoms. The fraction of sp³-hybridized carbons (Fsp3) is 0.763. The maximum atomic E-state index is 14.4. The van der Waals surface area contributed by atoms with Gasteiger partial charge in [-0.2, -0.15) is 0 Å². The molecule has 15 nitrogen and oxygen atoms in total. The van der Waals surface area contributed by atoms with Crippen molar-refractivity contribution >= 4 is 23.5 Å². The first-order valence-electron chi connectivity index (χ1n) is 18.8. The predicted molar refractivity (Wildman–Crippen MR) is 195 cm³/mol. The molecule has 1 aromatic rings. The van der Waals surface area contributed by atoms with E-state index < -0.39 is 71.7 Å². The standard InChI is InChI=1S/C38H59N5O10/c1-10-29-38(7)33(41-36(39)53-38)24(5)31(44)21(2)17-37(6)30(52-35-32(45)27(43(8)9)15-22(3)50-35)16-28(23(4)34(46)51-29)47-18-26(19-48-37)42-49-20-25-13-11-12-14-40-25/h11-14,21-24,27-30,32-33,35,45H,10,15-20H2,1-9H3,(H2,39,41)/b42-26+/t21-,22-,23-,24+,27+,28-,29-,30-,32-,33?,35?,37+,38?/m1/s1. The van der Waals surface area contributed by atoms with E-state index in [1.165, 1.54) is 0 Å². The maximum absolute atomic E-state index is 14.4. The van der Waals surface area contributed by atoms with Crippen LogP contribution in [0.25, 0.3) is 0 Å². The normalized spacial score (nSPS) is 41.0. The van der Waals surface area contributed by atoms with Gasteiger partial charge in [0.2, 0.25) is 0 Å². The third-order valence-corrected chi connectivity index (χ3v) is 11.4. The number of rotatable bonds is 7. The van der Waals surface area contributed by atoms with Gasteiger partial charge in [-0.1, -0.05) is 32.0 Å². The lowest BCUT2D eigenvalue weighted by molar-refractivity contribution is -0.294. The minimum Gasteiger partial charge on any atom is -0.458 e. The molecule has 15 heteroatoms. The lowest BCUT2D eigenvalue weighted by Crippen LogP contribution is -2.58. The van der Waals surface area contributed by atoms with E-state index in [0.29, 0.717) is 24.2 Å². The number of amidine groups is 1. The van der Waals surface area contributed by atoms with Crippen LogP contribution in [-0.4, -0.2) is 126 Å². The van der Waals surface area contributed by atoms with Crippen molar-refractivity contribution in [2.24, 2.45) is 33.6 Å². The summed E-state index contributed by atoms with van der Waals surface area (Å²) in [6.07, 6.45) is -1.58. The molecule has 5 heterocycles. The minimum atomic E-state index is -1.18. The molecule has 13 atom stereocenters. The zero-order chi connectivity index (χ0) is 38.7. The number of pyridine rings is 1. The summed E-state index contributed by atoms with van der Waals surface area (Å²) in [5, 5.41) is 15.9. The third-order valence-electron chi connectivity index (χ3n) is 11.4. The molecule has 3 saturated heterocycles. The third kappa shape index (κ3) is 9.19. The van der Waals surface area contributed by atoms with Gasteiger partial charge in [0.25, 0.3) is 6.02 Å². The molecule has 0 aromatic carbocycles. The van der Waals surface area contributed by atoms with E-state index in [1.54, 1.807) is 27.0 Å². The molecule has 0 radical (unpaired) electrons. The van der Waals surface area contributed by atoms with Gasteiger partial charge in [0.15, 0.2) is 18.5 Å². The topological polar surface area (TPSA) is 186 Å². The van der Waals surface area contributed by atoms with Gasteiger partial charge in [-0.05, 0) is 73.2 Å². The molecule has 3 N–H and O–H groups in total. The van der Waals surface area contributed by atoms with E-state index in [2.05, 4.69) is 15.1 Å². The van der Waals surface area contributed by atoms with Crippen LogP contribution >= 0.6 is 0 Å². The second kappa shape index (κ2) is 17.1. The molecule has 0 spiro atoms. The van der Waals surface area contributed by atoms with Crippen LogP contribution in [0.1, 0.15) is 79.8 Å². The number of aliphatic hydroxyl groups is 1. The van der Waals surface area contributed by atoms with E-state index in [-0.39, 0.29) is 56.6 Å². The average Bonchev–Trinajstić information content (AvgIpc) is 3.46. The van der Waals surface area contributed by atoms with Crippen LogP contribution in [0.3, 0.4) is 0 Å². The van der Waals surface area contributed by atoms with Crippen LogP contribution in [0.2, 0.25) is 0 Å². The van der Waals surface area contributed by atoms with Crippen LogP contribution < -0.4 is 5.73 Å². The Morgan fingerprint density at radius 2 is 1.85 bits per heavy atom. The highest BCUT2D eigenvalue weighted by molar-refractivity contribution is 5.87. The Bertz CT molecular complexity index is 1480. The summed E-state index contributed by atoms with van der Waals surface area (Å²) in [6, 6.07) is 4.52. The van der Waals surface area contributed by atoms with Gasteiger partial charge in [-0.25, -0.2) is 4.99 Å². The first-order valence-corrected chi connectivity index (χ1v) is 18.8. The van der Waals surface area contributed by atoms with Crippen molar-refractivity contribution in [3.63, 3.8) is 0 Å². The van der Waals surface area contributed by atoms with Crippen molar-refractivity contribution in [1.82, 2.24) is 9.88 Å². The minimum absolute atomic E-state index is 0.0222. The van der Waals surface area contributed by atoms with Gasteiger partial charge in [-0.15, -0.1) is 0 Å². The number of cyclic esters (lactones) is 1. The number of carbonyl (C=O) groups is 2. The van der Waals surface area contributed by atoms with E-state index in [9.17, 15) is 14.7 Å². The second-order valence-electron chi connectivity index (χ2n) is 15.8. The molecule has 1 aromatic heterocycles. The number of aliphatic hydroxyl groups excluding tert-OH is 1. The molecule has 0 saturated carbocycles. The highest BCUT2D eigenvalue weighted by atomic mass is 16.7.